The van der Waals surface area contributed by atoms with Crippen molar-refractivity contribution >= 4 is 6.09 Å². The number of hydrogen-bond donors (Lipinski definition) is 0. The number of ether oxygens (including phenoxy) is 2. The molecular formula is C30H23F10NO3. The van der Waals surface area contributed by atoms with E-state index in [4.69, 9.17) is 9.47 Å². The molecule has 0 unspecified atom stereocenters. The quantitative estimate of drug-likeness (QED) is 0.192. The highest BCUT2D eigenvalue weighted by Gasteiger charge is 2.44. The number of nitrogens with zero attached hydrogens (tertiary/aromatic N) is 1. The van der Waals surface area contributed by atoms with Crippen LogP contribution in [0.5, 0.6) is 5.75 Å². The van der Waals surface area contributed by atoms with Gasteiger partial charge in [0.25, 0.3) is 0 Å². The molecule has 2 atom stereocenters. The van der Waals surface area contributed by atoms with E-state index >= 15 is 0 Å². The summed E-state index contributed by atoms with van der Waals surface area (Å²) in [6.45, 7) is 4.22. The van der Waals surface area contributed by atoms with Crippen molar-refractivity contribution in [3.63, 3.8) is 0 Å². The Bertz CT molecular complexity index is 1540. The molecule has 3 aromatic carbocycles. The molecule has 0 aromatic heterocycles. The number of cyclic esters (lactones) is 1. The Morgan fingerprint density at radius 1 is 0.841 bits per heavy atom. The molecule has 3 aromatic rings. The van der Waals surface area contributed by atoms with Gasteiger partial charge in [0.15, 0.2) is 0 Å². The van der Waals surface area contributed by atoms with Gasteiger partial charge in [0.2, 0.25) is 0 Å². The summed E-state index contributed by atoms with van der Waals surface area (Å²) >= 11 is 0. The molecule has 4 nitrogen and oxygen atoms in total. The summed E-state index contributed by atoms with van der Waals surface area (Å²) in [7, 11) is 1.21. The van der Waals surface area contributed by atoms with Gasteiger partial charge < -0.3 is 9.47 Å². The maximum Gasteiger partial charge on any atom is 0.416 e. The second-order valence-electron chi connectivity index (χ2n) is 10.0. The van der Waals surface area contributed by atoms with Crippen LogP contribution in [-0.4, -0.2) is 24.1 Å². The summed E-state index contributed by atoms with van der Waals surface area (Å²) in [4.78, 5) is 13.8. The summed E-state index contributed by atoms with van der Waals surface area (Å²) in [6.07, 6.45) is -16.5. The Kier molecular flexibility index (Phi) is 8.69. The lowest BCUT2D eigenvalue weighted by Gasteiger charge is -2.24. The first-order valence-corrected chi connectivity index (χ1v) is 12.8. The Morgan fingerprint density at radius 2 is 1.43 bits per heavy atom. The van der Waals surface area contributed by atoms with Crippen LogP contribution in [0.4, 0.5) is 48.7 Å². The summed E-state index contributed by atoms with van der Waals surface area (Å²) in [5.74, 6) is -0.715. The van der Waals surface area contributed by atoms with E-state index in [0.717, 1.165) is 29.2 Å². The number of methoxy groups -OCH3 is 1. The molecule has 1 aliphatic rings. The average Bonchev–Trinajstić information content (AvgIpc) is 3.20. The molecule has 0 N–H and O–H groups in total. The van der Waals surface area contributed by atoms with Gasteiger partial charge in [-0.05, 0) is 72.0 Å². The van der Waals surface area contributed by atoms with Crippen molar-refractivity contribution in [1.82, 2.24) is 4.90 Å². The fourth-order valence-corrected chi connectivity index (χ4v) is 4.94. The van der Waals surface area contributed by atoms with E-state index in [1.165, 1.54) is 26.2 Å². The third-order valence-electron chi connectivity index (χ3n) is 7.13. The van der Waals surface area contributed by atoms with Gasteiger partial charge in [0.1, 0.15) is 17.7 Å². The number of benzene rings is 3. The second-order valence-corrected chi connectivity index (χ2v) is 10.0. The molecule has 1 amide bonds. The number of alkyl halides is 9. The number of rotatable bonds is 7. The Hall–Kier alpha value is -4.23. The minimum absolute atomic E-state index is 0.0464. The van der Waals surface area contributed by atoms with E-state index in [-0.39, 0.29) is 40.5 Å². The van der Waals surface area contributed by atoms with Crippen molar-refractivity contribution in [2.75, 3.05) is 7.11 Å². The number of hydrogen-bond acceptors (Lipinski definition) is 3. The molecule has 236 valence electrons. The number of halogens is 10. The molecule has 1 saturated heterocycles. The summed E-state index contributed by atoms with van der Waals surface area (Å²) < 4.78 is 147. The van der Waals surface area contributed by atoms with Gasteiger partial charge in [-0.25, -0.2) is 9.18 Å². The lowest BCUT2D eigenvalue weighted by molar-refractivity contribution is -0.143. The van der Waals surface area contributed by atoms with Crippen LogP contribution in [0.25, 0.3) is 11.1 Å². The second kappa shape index (κ2) is 11.7. The number of allylic oxidation sites excluding steroid dienone is 1. The van der Waals surface area contributed by atoms with E-state index in [0.29, 0.717) is 12.1 Å². The summed E-state index contributed by atoms with van der Waals surface area (Å²) in [5.41, 5.74) is -4.67. The van der Waals surface area contributed by atoms with Crippen molar-refractivity contribution in [1.29, 1.82) is 0 Å². The minimum atomic E-state index is -5.16. The van der Waals surface area contributed by atoms with Crippen molar-refractivity contribution in [2.45, 2.75) is 50.6 Å². The minimum Gasteiger partial charge on any atom is -0.496 e. The van der Waals surface area contributed by atoms with Gasteiger partial charge in [-0.2, -0.15) is 39.5 Å². The summed E-state index contributed by atoms with van der Waals surface area (Å²) in [5, 5.41) is 0. The molecule has 1 fully saturated rings. The van der Waals surface area contributed by atoms with Crippen LogP contribution < -0.4 is 4.74 Å². The standard InChI is InChI=1S/C30H23F10NO3/c1-4-5-16-11-23(25(43-3)13-24(16)31)22-7-6-19(28(32,33)34)10-18(22)14-41-15(2)26(44-27(41)42)17-8-20(29(35,36)37)12-21(9-17)30(38,39)40/h4,6-13,15,26H,1,5,14H2,2-3H3/t15-,26-/m0/s1. The first-order chi connectivity index (χ1) is 20.3. The third kappa shape index (κ3) is 6.63. The van der Waals surface area contributed by atoms with E-state index in [1.807, 2.05) is 0 Å². The van der Waals surface area contributed by atoms with E-state index in [9.17, 15) is 48.7 Å². The molecule has 1 heterocycles. The predicted molar refractivity (Wildman–Crippen MR) is 138 cm³/mol. The first kappa shape index (κ1) is 32.7. The monoisotopic (exact) mass is 635 g/mol. The molecule has 0 radical (unpaired) electrons. The fourth-order valence-electron chi connectivity index (χ4n) is 4.94. The van der Waals surface area contributed by atoms with Crippen LogP contribution in [-0.2, 0) is 36.2 Å². The molecule has 4 rings (SSSR count). The van der Waals surface area contributed by atoms with Crippen molar-refractivity contribution < 1.29 is 58.2 Å². The summed E-state index contributed by atoms with van der Waals surface area (Å²) in [6, 6.07) is 4.53. The average molecular weight is 635 g/mol. The molecule has 0 saturated carbocycles. The zero-order valence-corrected chi connectivity index (χ0v) is 22.9. The van der Waals surface area contributed by atoms with E-state index < -0.39 is 71.4 Å². The molecule has 0 aliphatic carbocycles. The van der Waals surface area contributed by atoms with Crippen LogP contribution in [0.15, 0.2) is 61.2 Å². The molecular weight excluding hydrogens is 612 g/mol. The SMILES string of the molecule is C=CCc1cc(-c2ccc(C(F)(F)F)cc2CN2C(=O)O[C@H](c3cc(C(F)(F)F)cc(C(F)(F)F)c3)[C@@H]2C)c(OC)cc1F. The third-order valence-corrected chi connectivity index (χ3v) is 7.13. The van der Waals surface area contributed by atoms with Crippen LogP contribution in [0, 0.1) is 5.82 Å². The van der Waals surface area contributed by atoms with Gasteiger partial charge in [-0.1, -0.05) is 12.1 Å². The molecule has 1 aliphatic heterocycles. The zero-order valence-electron chi connectivity index (χ0n) is 22.9. The van der Waals surface area contributed by atoms with E-state index in [2.05, 4.69) is 6.58 Å². The molecule has 44 heavy (non-hydrogen) atoms. The van der Waals surface area contributed by atoms with E-state index in [1.54, 1.807) is 0 Å². The molecule has 14 heteroatoms. The lowest BCUT2D eigenvalue weighted by atomic mass is 9.93. The Balaban J connectivity index is 1.81. The predicted octanol–water partition coefficient (Wildman–Crippen LogP) is 9.37. The van der Waals surface area contributed by atoms with Crippen molar-refractivity contribution in [3.8, 4) is 16.9 Å². The highest BCUT2D eigenvalue weighted by atomic mass is 19.4. The van der Waals surface area contributed by atoms with Crippen LogP contribution in [0.2, 0.25) is 0 Å². The van der Waals surface area contributed by atoms with Crippen molar-refractivity contribution in [3.05, 3.63) is 100 Å². The van der Waals surface area contributed by atoms with Gasteiger partial charge in [-0.3, -0.25) is 4.90 Å². The maximum atomic E-state index is 14.6. The van der Waals surface area contributed by atoms with Gasteiger partial charge >= 0.3 is 24.6 Å². The topological polar surface area (TPSA) is 38.8 Å². The Labute approximate surface area is 244 Å². The molecule has 0 spiro atoms. The maximum absolute atomic E-state index is 14.6. The van der Waals surface area contributed by atoms with Gasteiger partial charge in [0.05, 0.1) is 36.4 Å². The Morgan fingerprint density at radius 3 is 1.95 bits per heavy atom. The highest BCUT2D eigenvalue weighted by molar-refractivity contribution is 5.76. The zero-order chi connectivity index (χ0) is 32.8. The number of carbonyl (C=O) groups excluding carboxylic acids is 1. The van der Waals surface area contributed by atoms with Crippen molar-refractivity contribution in [2.24, 2.45) is 0 Å². The first-order valence-electron chi connectivity index (χ1n) is 12.8. The smallest absolute Gasteiger partial charge is 0.416 e. The number of amides is 1. The highest BCUT2D eigenvalue weighted by Crippen LogP contribution is 2.43. The lowest BCUT2D eigenvalue weighted by Crippen LogP contribution is -2.32. The molecule has 0 bridgehead atoms. The normalized spacial score (nSPS) is 17.5. The van der Waals surface area contributed by atoms with Crippen LogP contribution >= 0.6 is 0 Å². The fraction of sp³-hybridized carbons (Fsp3) is 0.300. The number of carbonyl (C=O) groups is 1. The van der Waals surface area contributed by atoms with Gasteiger partial charge in [-0.15, -0.1) is 6.58 Å². The largest absolute Gasteiger partial charge is 0.496 e. The van der Waals surface area contributed by atoms with Gasteiger partial charge in [0, 0.05) is 11.6 Å². The van der Waals surface area contributed by atoms with Crippen LogP contribution in [0.1, 0.15) is 46.4 Å². The van der Waals surface area contributed by atoms with Crippen LogP contribution in [0.3, 0.4) is 0 Å².